The van der Waals surface area contributed by atoms with Gasteiger partial charge in [0.25, 0.3) is 11.8 Å². The van der Waals surface area contributed by atoms with Crippen molar-refractivity contribution in [2.24, 2.45) is 0 Å². The average Bonchev–Trinajstić information content (AvgIpc) is 3.56. The first-order valence-electron chi connectivity index (χ1n) is 17.0. The molecule has 0 radical (unpaired) electrons. The molecule has 248 valence electrons. The number of nitrogens with one attached hydrogen (secondary N) is 2. The summed E-state index contributed by atoms with van der Waals surface area (Å²) < 4.78 is 4.19. The summed E-state index contributed by atoms with van der Waals surface area (Å²) in [5, 5.41) is 26.6. The van der Waals surface area contributed by atoms with E-state index in [2.05, 4.69) is 76.9 Å². The van der Waals surface area contributed by atoms with Crippen LogP contribution < -0.4 is 10.6 Å². The van der Waals surface area contributed by atoms with E-state index >= 15 is 0 Å². The van der Waals surface area contributed by atoms with Crippen molar-refractivity contribution in [3.8, 4) is 34.4 Å². The minimum absolute atomic E-state index is 0.0451. The molecule has 6 aromatic rings. The van der Waals surface area contributed by atoms with Gasteiger partial charge in [0.05, 0.1) is 34.3 Å². The SMILES string of the molecule is CC(C)(C)c1ccc(-c2cc(C#N)cc3cc4n(c23)CCCNC4=O)cc1.N#Cc1cc(-c2ccccc2)c2c(c1)cc1n2CCCNC1=O. The number of nitriles is 2. The van der Waals surface area contributed by atoms with E-state index in [1.807, 2.05) is 66.7 Å². The number of carbonyl (C=O) groups is 2. The maximum absolute atomic E-state index is 12.4. The number of benzene rings is 4. The molecule has 0 spiro atoms. The molecule has 8 rings (SSSR count). The van der Waals surface area contributed by atoms with Gasteiger partial charge in [0.1, 0.15) is 11.4 Å². The molecule has 0 saturated heterocycles. The van der Waals surface area contributed by atoms with Crippen molar-refractivity contribution in [3.05, 3.63) is 119 Å². The molecule has 8 heteroatoms. The van der Waals surface area contributed by atoms with Crippen LogP contribution in [-0.4, -0.2) is 34.0 Å². The smallest absolute Gasteiger partial charge is 0.267 e. The minimum Gasteiger partial charge on any atom is -0.351 e. The molecule has 0 fully saturated rings. The highest BCUT2D eigenvalue weighted by molar-refractivity contribution is 6.05. The van der Waals surface area contributed by atoms with Crippen molar-refractivity contribution < 1.29 is 9.59 Å². The fraction of sp³-hybridized carbons (Fsp3) is 0.238. The second kappa shape index (κ2) is 13.1. The highest BCUT2D eigenvalue weighted by atomic mass is 16.2. The second-order valence-corrected chi connectivity index (χ2v) is 13.9. The number of rotatable bonds is 2. The summed E-state index contributed by atoms with van der Waals surface area (Å²) in [7, 11) is 0. The lowest BCUT2D eigenvalue weighted by molar-refractivity contribution is 0.0943. The number of hydrogen-bond acceptors (Lipinski definition) is 4. The van der Waals surface area contributed by atoms with Crippen LogP contribution in [0.3, 0.4) is 0 Å². The highest BCUT2D eigenvalue weighted by Gasteiger charge is 2.23. The number of fused-ring (bicyclic) bond motifs is 6. The molecule has 0 atom stereocenters. The van der Waals surface area contributed by atoms with E-state index in [-0.39, 0.29) is 17.2 Å². The first kappa shape index (κ1) is 32.4. The Morgan fingerprint density at radius 3 is 1.52 bits per heavy atom. The third-order valence-electron chi connectivity index (χ3n) is 9.54. The van der Waals surface area contributed by atoms with Crippen LogP contribution in [0.25, 0.3) is 44.1 Å². The monoisotopic (exact) mass is 658 g/mol. The third-order valence-corrected chi connectivity index (χ3v) is 9.54. The van der Waals surface area contributed by atoms with Crippen molar-refractivity contribution in [2.45, 2.75) is 52.1 Å². The Kier molecular flexibility index (Phi) is 8.47. The number of hydrogen-bond donors (Lipinski definition) is 2. The Labute approximate surface area is 291 Å². The molecule has 4 heterocycles. The predicted molar refractivity (Wildman–Crippen MR) is 197 cm³/mol. The van der Waals surface area contributed by atoms with Crippen molar-refractivity contribution in [1.82, 2.24) is 19.8 Å². The van der Waals surface area contributed by atoms with Gasteiger partial charge in [-0.1, -0.05) is 75.4 Å². The van der Waals surface area contributed by atoms with Crippen LogP contribution in [0.4, 0.5) is 0 Å². The van der Waals surface area contributed by atoms with Gasteiger partial charge < -0.3 is 19.8 Å². The van der Waals surface area contributed by atoms with Gasteiger partial charge in [0.15, 0.2) is 0 Å². The summed E-state index contributed by atoms with van der Waals surface area (Å²) in [4.78, 5) is 24.7. The molecule has 0 unspecified atom stereocenters. The molecule has 8 nitrogen and oxygen atoms in total. The zero-order valence-electron chi connectivity index (χ0n) is 28.5. The Bertz CT molecular complexity index is 2360. The highest BCUT2D eigenvalue weighted by Crippen LogP contribution is 2.36. The van der Waals surface area contributed by atoms with Gasteiger partial charge in [0.2, 0.25) is 0 Å². The number of nitrogens with zero attached hydrogens (tertiary/aromatic N) is 4. The van der Waals surface area contributed by atoms with Crippen LogP contribution in [0.2, 0.25) is 0 Å². The Morgan fingerprint density at radius 1 is 0.620 bits per heavy atom. The lowest BCUT2D eigenvalue weighted by Gasteiger charge is -2.19. The summed E-state index contributed by atoms with van der Waals surface area (Å²) in [6.07, 6.45) is 1.79. The van der Waals surface area contributed by atoms with E-state index in [0.717, 1.165) is 70.0 Å². The van der Waals surface area contributed by atoms with Gasteiger partial charge >= 0.3 is 0 Å². The first-order chi connectivity index (χ1) is 24.2. The van der Waals surface area contributed by atoms with E-state index in [0.29, 0.717) is 35.6 Å². The topological polar surface area (TPSA) is 116 Å². The normalized spacial score (nSPS) is 14.2. The molecule has 2 aliphatic rings. The van der Waals surface area contributed by atoms with Crippen molar-refractivity contribution in [2.75, 3.05) is 13.1 Å². The van der Waals surface area contributed by atoms with Gasteiger partial charge in [0, 0.05) is 48.1 Å². The largest absolute Gasteiger partial charge is 0.351 e. The summed E-state index contributed by atoms with van der Waals surface area (Å²) >= 11 is 0. The fourth-order valence-corrected chi connectivity index (χ4v) is 7.06. The van der Waals surface area contributed by atoms with Crippen molar-refractivity contribution in [1.29, 1.82) is 10.5 Å². The molecule has 2 aliphatic heterocycles. The van der Waals surface area contributed by atoms with E-state index < -0.39 is 0 Å². The van der Waals surface area contributed by atoms with Crippen molar-refractivity contribution in [3.63, 3.8) is 0 Å². The van der Waals surface area contributed by atoms with E-state index in [1.165, 1.54) is 5.56 Å². The van der Waals surface area contributed by atoms with E-state index in [1.54, 1.807) is 0 Å². The summed E-state index contributed by atoms with van der Waals surface area (Å²) in [5.41, 5.74) is 10.1. The molecule has 0 bridgehead atoms. The summed E-state index contributed by atoms with van der Waals surface area (Å²) in [5.74, 6) is -0.0903. The zero-order valence-corrected chi connectivity index (χ0v) is 28.5. The lowest BCUT2D eigenvalue weighted by Crippen LogP contribution is -2.22. The average molecular weight is 659 g/mol. The molecule has 2 aromatic heterocycles. The van der Waals surface area contributed by atoms with Crippen LogP contribution in [0.15, 0.2) is 91.0 Å². The summed E-state index contributed by atoms with van der Waals surface area (Å²) in [6, 6.07) is 34.4. The maximum Gasteiger partial charge on any atom is 0.267 e. The standard InChI is InChI=1S/C23H23N3O.C19H15N3O/c1-23(2,3)18-7-5-16(6-8-18)19-12-15(14-24)11-17-13-20-22(27)25-9-4-10-26(20)21(17)19;20-12-13-9-15-11-17-19(23)21-7-4-8-22(17)18(15)16(10-13)14-5-2-1-3-6-14/h5-8,11-13H,4,9-10H2,1-3H3,(H,25,27);1-3,5-6,9-11H,4,7-8H2,(H,21,23). The molecule has 4 aromatic carbocycles. The Balaban J connectivity index is 0.000000159. The van der Waals surface area contributed by atoms with Crippen molar-refractivity contribution >= 4 is 33.6 Å². The number of carbonyl (C=O) groups excluding carboxylic acids is 2. The fourth-order valence-electron chi connectivity index (χ4n) is 7.06. The van der Waals surface area contributed by atoms with Crippen LogP contribution >= 0.6 is 0 Å². The quantitative estimate of drug-likeness (QED) is 0.197. The maximum atomic E-state index is 12.4. The molecule has 2 amide bonds. The Hall–Kier alpha value is -6.12. The molecule has 0 aliphatic carbocycles. The number of amides is 2. The predicted octanol–water partition coefficient (Wildman–Crippen LogP) is 7.92. The molecule has 50 heavy (non-hydrogen) atoms. The molecule has 0 saturated carbocycles. The minimum atomic E-state index is -0.0452. The number of aromatic nitrogens is 2. The van der Waals surface area contributed by atoms with Gasteiger partial charge in [-0.15, -0.1) is 0 Å². The van der Waals surface area contributed by atoms with Crippen LogP contribution in [0.5, 0.6) is 0 Å². The lowest BCUT2D eigenvalue weighted by atomic mass is 9.86. The summed E-state index contributed by atoms with van der Waals surface area (Å²) in [6.45, 7) is 9.55. The van der Waals surface area contributed by atoms with Gasteiger partial charge in [-0.2, -0.15) is 10.5 Å². The second-order valence-electron chi connectivity index (χ2n) is 13.9. The number of aryl methyl sites for hydroxylation is 2. The van der Waals surface area contributed by atoms with Crippen LogP contribution in [-0.2, 0) is 18.5 Å². The molecular weight excluding hydrogens is 621 g/mol. The molecule has 2 N–H and O–H groups in total. The van der Waals surface area contributed by atoms with Gasteiger partial charge in [-0.3, -0.25) is 9.59 Å². The van der Waals surface area contributed by atoms with E-state index in [9.17, 15) is 20.1 Å². The Morgan fingerprint density at radius 2 is 1.08 bits per heavy atom. The zero-order chi connectivity index (χ0) is 35.0. The third kappa shape index (κ3) is 6.01. The van der Waals surface area contributed by atoms with Crippen LogP contribution in [0.1, 0.15) is 71.3 Å². The molecular formula is C42H38N6O2. The first-order valence-corrected chi connectivity index (χ1v) is 17.0. The van der Waals surface area contributed by atoms with E-state index in [4.69, 9.17) is 0 Å². The van der Waals surface area contributed by atoms with Gasteiger partial charge in [-0.25, -0.2) is 0 Å². The van der Waals surface area contributed by atoms with Crippen LogP contribution in [0, 0.1) is 22.7 Å². The van der Waals surface area contributed by atoms with Gasteiger partial charge in [-0.05, 0) is 71.3 Å².